The summed E-state index contributed by atoms with van der Waals surface area (Å²) in [4.78, 5) is 10.2. The zero-order valence-electron chi connectivity index (χ0n) is 11.2. The number of hydrogen-bond donors (Lipinski definition) is 0. The fourth-order valence-corrected chi connectivity index (χ4v) is 2.71. The van der Waals surface area contributed by atoms with Crippen molar-refractivity contribution in [2.24, 2.45) is 7.05 Å². The monoisotopic (exact) mass is 426 g/mol. The predicted molar refractivity (Wildman–Crippen MR) is 86.2 cm³/mol. The lowest BCUT2D eigenvalue weighted by Gasteiger charge is -1.98. The van der Waals surface area contributed by atoms with Gasteiger partial charge in [-0.3, -0.25) is 10.1 Å². The minimum Gasteiger partial charge on any atom is -0.415 e. The Hall–Kier alpha value is -2.00. The van der Waals surface area contributed by atoms with Gasteiger partial charge in [0.1, 0.15) is 5.69 Å². The Bertz CT molecular complexity index is 855. The Labute approximate surface area is 141 Å². The second kappa shape index (κ2) is 5.65. The van der Waals surface area contributed by atoms with E-state index < -0.39 is 4.92 Å². The SMILES string of the molecule is Cn1c(-c2nnc(-c3ccc([N+](=O)[O-])cc3)o2)cc(Br)c1Br. The summed E-state index contributed by atoms with van der Waals surface area (Å²) in [5.74, 6) is 0.667. The number of hydrogen-bond acceptors (Lipinski definition) is 5. The fourth-order valence-electron chi connectivity index (χ4n) is 1.92. The zero-order chi connectivity index (χ0) is 15.9. The van der Waals surface area contributed by atoms with E-state index in [-0.39, 0.29) is 5.69 Å². The van der Waals surface area contributed by atoms with Crippen LogP contribution in [-0.4, -0.2) is 19.7 Å². The lowest BCUT2D eigenvalue weighted by Crippen LogP contribution is -1.91. The molecular weight excluding hydrogens is 420 g/mol. The molecule has 3 rings (SSSR count). The van der Waals surface area contributed by atoms with Crippen molar-refractivity contribution in [2.45, 2.75) is 0 Å². The number of halogens is 2. The normalized spacial score (nSPS) is 10.9. The van der Waals surface area contributed by atoms with Gasteiger partial charge in [0.25, 0.3) is 11.6 Å². The maximum atomic E-state index is 10.7. The molecule has 3 aromatic rings. The number of nitro groups is 1. The quantitative estimate of drug-likeness (QED) is 0.462. The lowest BCUT2D eigenvalue weighted by atomic mass is 10.2. The second-order valence-corrected chi connectivity index (χ2v) is 6.05. The van der Waals surface area contributed by atoms with Crippen molar-refractivity contribution >= 4 is 37.5 Å². The third-order valence-electron chi connectivity index (χ3n) is 3.09. The van der Waals surface area contributed by atoms with Crippen LogP contribution in [0.4, 0.5) is 5.69 Å². The smallest absolute Gasteiger partial charge is 0.269 e. The van der Waals surface area contributed by atoms with Crippen molar-refractivity contribution in [3.05, 3.63) is 49.5 Å². The van der Waals surface area contributed by atoms with Crippen LogP contribution in [0.1, 0.15) is 0 Å². The summed E-state index contributed by atoms with van der Waals surface area (Å²) < 4.78 is 9.24. The highest BCUT2D eigenvalue weighted by atomic mass is 79.9. The number of nitrogens with zero attached hydrogens (tertiary/aromatic N) is 4. The first-order chi connectivity index (χ1) is 10.5. The van der Waals surface area contributed by atoms with Gasteiger partial charge in [0.15, 0.2) is 0 Å². The average molecular weight is 428 g/mol. The number of benzene rings is 1. The van der Waals surface area contributed by atoms with E-state index in [2.05, 4.69) is 42.1 Å². The van der Waals surface area contributed by atoms with Crippen molar-refractivity contribution in [3.63, 3.8) is 0 Å². The molecule has 0 saturated carbocycles. The molecule has 0 aliphatic carbocycles. The van der Waals surface area contributed by atoms with Crippen LogP contribution in [-0.2, 0) is 7.05 Å². The van der Waals surface area contributed by atoms with Gasteiger partial charge in [-0.05, 0) is 50.1 Å². The third kappa shape index (κ3) is 2.57. The minimum absolute atomic E-state index is 0.0128. The van der Waals surface area contributed by atoms with Crippen LogP contribution in [0.5, 0.6) is 0 Å². The van der Waals surface area contributed by atoms with E-state index in [0.29, 0.717) is 17.3 Å². The molecule has 2 heterocycles. The average Bonchev–Trinajstić information content (AvgIpc) is 3.08. The molecule has 1 aromatic carbocycles. The maximum absolute atomic E-state index is 10.7. The van der Waals surface area contributed by atoms with E-state index in [4.69, 9.17) is 4.42 Å². The second-order valence-electron chi connectivity index (χ2n) is 4.44. The highest BCUT2D eigenvalue weighted by molar-refractivity contribution is 9.13. The Morgan fingerprint density at radius 1 is 1.18 bits per heavy atom. The molecule has 0 unspecified atom stereocenters. The first-order valence-corrected chi connectivity index (χ1v) is 7.65. The minimum atomic E-state index is -0.456. The molecule has 0 saturated heterocycles. The Morgan fingerprint density at radius 3 is 2.36 bits per heavy atom. The maximum Gasteiger partial charge on any atom is 0.269 e. The zero-order valence-corrected chi connectivity index (χ0v) is 14.3. The molecule has 112 valence electrons. The van der Waals surface area contributed by atoms with Crippen LogP contribution in [0.3, 0.4) is 0 Å². The van der Waals surface area contributed by atoms with Gasteiger partial charge < -0.3 is 8.98 Å². The molecule has 0 aliphatic heterocycles. The van der Waals surface area contributed by atoms with Crippen LogP contribution in [0, 0.1) is 10.1 Å². The fraction of sp³-hybridized carbons (Fsp3) is 0.0769. The molecule has 0 fully saturated rings. The summed E-state index contributed by atoms with van der Waals surface area (Å²) in [6.07, 6.45) is 0. The van der Waals surface area contributed by atoms with Crippen molar-refractivity contribution in [2.75, 3.05) is 0 Å². The number of aromatic nitrogens is 3. The van der Waals surface area contributed by atoms with Gasteiger partial charge in [-0.2, -0.15) is 0 Å². The van der Waals surface area contributed by atoms with Crippen molar-refractivity contribution in [3.8, 4) is 23.0 Å². The molecule has 7 nitrogen and oxygen atoms in total. The number of nitro benzene ring substituents is 1. The highest BCUT2D eigenvalue weighted by Crippen LogP contribution is 2.32. The van der Waals surface area contributed by atoms with Crippen LogP contribution in [0.2, 0.25) is 0 Å². The summed E-state index contributed by atoms with van der Waals surface area (Å²) in [6.45, 7) is 0. The van der Waals surface area contributed by atoms with E-state index >= 15 is 0 Å². The Balaban J connectivity index is 1.96. The molecule has 9 heteroatoms. The van der Waals surface area contributed by atoms with Crippen LogP contribution >= 0.6 is 31.9 Å². The molecule has 0 N–H and O–H groups in total. The van der Waals surface area contributed by atoms with Crippen molar-refractivity contribution in [1.29, 1.82) is 0 Å². The first-order valence-electron chi connectivity index (χ1n) is 6.07. The molecule has 0 radical (unpaired) electrons. The third-order valence-corrected chi connectivity index (χ3v) is 5.18. The predicted octanol–water partition coefficient (Wildman–Crippen LogP) is 4.18. The first kappa shape index (κ1) is 14.9. The largest absolute Gasteiger partial charge is 0.415 e. The number of non-ortho nitro benzene ring substituents is 1. The van der Waals surface area contributed by atoms with Crippen LogP contribution in [0.15, 0.2) is 43.8 Å². The molecule has 0 atom stereocenters. The Kier molecular flexibility index (Phi) is 3.83. The summed E-state index contributed by atoms with van der Waals surface area (Å²) in [6, 6.07) is 7.81. The van der Waals surface area contributed by atoms with Gasteiger partial charge in [0, 0.05) is 24.7 Å². The number of rotatable bonds is 3. The van der Waals surface area contributed by atoms with Gasteiger partial charge in [-0.25, -0.2) is 0 Å². The topological polar surface area (TPSA) is 87.0 Å². The van der Waals surface area contributed by atoms with Crippen LogP contribution in [0.25, 0.3) is 23.0 Å². The standard InChI is InChI=1S/C13H8Br2N4O3/c1-18-10(6-9(14)11(18)15)13-17-16-12(22-13)7-2-4-8(5-3-7)19(20)21/h2-6H,1H3. The molecular formula is C13H8Br2N4O3. The molecule has 0 spiro atoms. The van der Waals surface area contributed by atoms with Gasteiger partial charge in [0.2, 0.25) is 5.89 Å². The van der Waals surface area contributed by atoms with Gasteiger partial charge in [-0.15, -0.1) is 10.2 Å². The van der Waals surface area contributed by atoms with Gasteiger partial charge in [0.05, 0.1) is 14.0 Å². The van der Waals surface area contributed by atoms with Gasteiger partial charge >= 0.3 is 0 Å². The summed E-state index contributed by atoms with van der Waals surface area (Å²) >= 11 is 6.85. The van der Waals surface area contributed by atoms with Crippen molar-refractivity contribution < 1.29 is 9.34 Å². The van der Waals surface area contributed by atoms with E-state index in [1.54, 1.807) is 12.1 Å². The molecule has 0 bridgehead atoms. The van der Waals surface area contributed by atoms with Crippen LogP contribution < -0.4 is 0 Å². The Morgan fingerprint density at radius 2 is 1.82 bits per heavy atom. The summed E-state index contributed by atoms with van der Waals surface area (Å²) in [5, 5.41) is 18.7. The van der Waals surface area contributed by atoms with E-state index in [1.165, 1.54) is 12.1 Å². The molecule has 2 aromatic heterocycles. The van der Waals surface area contributed by atoms with E-state index in [9.17, 15) is 10.1 Å². The molecule has 0 aliphatic rings. The van der Waals surface area contributed by atoms with E-state index in [1.807, 2.05) is 17.7 Å². The van der Waals surface area contributed by atoms with Gasteiger partial charge in [-0.1, -0.05) is 0 Å². The van der Waals surface area contributed by atoms with E-state index in [0.717, 1.165) is 14.8 Å². The summed E-state index contributed by atoms with van der Waals surface area (Å²) in [7, 11) is 1.86. The molecule has 0 amide bonds. The van der Waals surface area contributed by atoms with Crippen molar-refractivity contribution in [1.82, 2.24) is 14.8 Å². The molecule has 22 heavy (non-hydrogen) atoms. The summed E-state index contributed by atoms with van der Waals surface area (Å²) in [5.41, 5.74) is 1.38. The highest BCUT2D eigenvalue weighted by Gasteiger charge is 2.17. The lowest BCUT2D eigenvalue weighted by molar-refractivity contribution is -0.384.